The van der Waals surface area contributed by atoms with Crippen molar-refractivity contribution in [2.45, 2.75) is 0 Å². The van der Waals surface area contributed by atoms with Crippen LogP contribution in [0.1, 0.15) is 0 Å². The van der Waals surface area contributed by atoms with Crippen LogP contribution in [-0.2, 0) is 0 Å². The lowest BCUT2D eigenvalue weighted by atomic mass is 9.96. The van der Waals surface area contributed by atoms with E-state index in [0.717, 1.165) is 50.2 Å². The van der Waals surface area contributed by atoms with Crippen molar-refractivity contribution < 1.29 is 4.42 Å². The van der Waals surface area contributed by atoms with Gasteiger partial charge in [-0.25, -0.2) is 0 Å². The highest BCUT2D eigenvalue weighted by atomic mass is 16.3. The van der Waals surface area contributed by atoms with Crippen molar-refractivity contribution in [3.63, 3.8) is 0 Å². The summed E-state index contributed by atoms with van der Waals surface area (Å²) in [7, 11) is 0. The minimum Gasteiger partial charge on any atom is -0.454 e. The number of hydrogen-bond acceptors (Lipinski definition) is 2. The van der Waals surface area contributed by atoms with Crippen LogP contribution in [0.4, 0.5) is 17.1 Å². The molecule has 0 unspecified atom stereocenters. The van der Waals surface area contributed by atoms with Crippen molar-refractivity contribution in [2.75, 3.05) is 4.90 Å². The second kappa shape index (κ2) is 11.0. The highest BCUT2D eigenvalue weighted by molar-refractivity contribution is 6.20. The Hall–Kier alpha value is -6.58. The molecule has 0 saturated carbocycles. The molecule has 0 saturated heterocycles. The molecule has 0 aliphatic carbocycles. The maximum absolute atomic E-state index is 6.74. The molecule has 0 atom stereocenters. The van der Waals surface area contributed by atoms with Gasteiger partial charge in [-0.05, 0) is 65.0 Å². The van der Waals surface area contributed by atoms with E-state index in [-0.39, 0.29) is 0 Å². The van der Waals surface area contributed by atoms with Gasteiger partial charge in [0.05, 0.1) is 28.1 Å². The molecular formula is C46H30N2O. The number of rotatable bonds is 5. The molecule has 0 spiro atoms. The summed E-state index contributed by atoms with van der Waals surface area (Å²) in [4.78, 5) is 2.42. The number of benzene rings is 8. The number of aromatic nitrogens is 1. The molecule has 8 aromatic carbocycles. The van der Waals surface area contributed by atoms with E-state index < -0.39 is 0 Å². The molecule has 3 nitrogen and oxygen atoms in total. The van der Waals surface area contributed by atoms with E-state index in [1.807, 2.05) is 6.07 Å². The van der Waals surface area contributed by atoms with E-state index >= 15 is 0 Å². The molecule has 0 aliphatic rings. The highest BCUT2D eigenvalue weighted by Crippen LogP contribution is 2.49. The Morgan fingerprint density at radius 1 is 0.388 bits per heavy atom. The fraction of sp³-hybridized carbons (Fsp3) is 0. The number of hydrogen-bond donors (Lipinski definition) is 0. The molecule has 10 aromatic rings. The molecule has 2 heterocycles. The van der Waals surface area contributed by atoms with Crippen LogP contribution in [0, 0.1) is 0 Å². The fourth-order valence-electron chi connectivity index (χ4n) is 7.69. The zero-order chi connectivity index (χ0) is 32.3. The largest absolute Gasteiger partial charge is 0.454 e. The summed E-state index contributed by atoms with van der Waals surface area (Å²) in [5, 5.41) is 6.97. The summed E-state index contributed by atoms with van der Waals surface area (Å²) in [5.41, 5.74) is 10.8. The van der Waals surface area contributed by atoms with Gasteiger partial charge in [-0.3, -0.25) is 0 Å². The lowest BCUT2D eigenvalue weighted by Crippen LogP contribution is -2.11. The van der Waals surface area contributed by atoms with E-state index in [9.17, 15) is 0 Å². The van der Waals surface area contributed by atoms with E-state index in [4.69, 9.17) is 4.42 Å². The van der Waals surface area contributed by atoms with Crippen LogP contribution in [0.3, 0.4) is 0 Å². The van der Waals surface area contributed by atoms with E-state index in [2.05, 4.69) is 185 Å². The van der Waals surface area contributed by atoms with Gasteiger partial charge < -0.3 is 13.9 Å². The van der Waals surface area contributed by atoms with Gasteiger partial charge in [0.2, 0.25) is 0 Å². The SMILES string of the molecule is c1ccc(-c2ccc(N(c3cccc4c3oc3ccccc34)c3cccc4c3c3ccccc3n4-c3ccccc3)c3ccccc23)cc1. The normalized spacial score (nSPS) is 11.7. The van der Waals surface area contributed by atoms with Gasteiger partial charge in [-0.15, -0.1) is 0 Å². The fourth-order valence-corrected chi connectivity index (χ4v) is 7.69. The van der Waals surface area contributed by atoms with Crippen molar-refractivity contribution in [3.8, 4) is 16.8 Å². The smallest absolute Gasteiger partial charge is 0.159 e. The average molecular weight is 627 g/mol. The topological polar surface area (TPSA) is 21.3 Å². The summed E-state index contributed by atoms with van der Waals surface area (Å²) >= 11 is 0. The highest BCUT2D eigenvalue weighted by Gasteiger charge is 2.25. The summed E-state index contributed by atoms with van der Waals surface area (Å²) < 4.78 is 9.12. The predicted octanol–water partition coefficient (Wildman–Crippen LogP) is 13.0. The third kappa shape index (κ3) is 4.23. The molecule has 0 aliphatic heterocycles. The van der Waals surface area contributed by atoms with Crippen LogP contribution < -0.4 is 4.90 Å². The van der Waals surface area contributed by atoms with Crippen LogP contribution in [0.2, 0.25) is 0 Å². The molecule has 0 radical (unpaired) electrons. The van der Waals surface area contributed by atoms with E-state index in [1.165, 1.54) is 38.2 Å². The molecule has 0 fully saturated rings. The van der Waals surface area contributed by atoms with Gasteiger partial charge in [0.15, 0.2) is 5.58 Å². The predicted molar refractivity (Wildman–Crippen MR) is 206 cm³/mol. The third-order valence-electron chi connectivity index (χ3n) is 9.78. The first-order chi connectivity index (χ1) is 24.3. The zero-order valence-corrected chi connectivity index (χ0v) is 26.6. The number of para-hydroxylation sites is 4. The molecule has 0 bridgehead atoms. The minimum atomic E-state index is 0.865. The number of nitrogens with zero attached hydrogens (tertiary/aromatic N) is 2. The first kappa shape index (κ1) is 27.5. The second-order valence-corrected chi connectivity index (χ2v) is 12.5. The van der Waals surface area contributed by atoms with Crippen molar-refractivity contribution in [3.05, 3.63) is 182 Å². The van der Waals surface area contributed by atoms with Gasteiger partial charge in [-0.1, -0.05) is 133 Å². The molecule has 3 heteroatoms. The first-order valence-corrected chi connectivity index (χ1v) is 16.7. The lowest BCUT2D eigenvalue weighted by molar-refractivity contribution is 0.669. The maximum atomic E-state index is 6.74. The standard InChI is InChI=1S/C46H30N2O/c1-3-15-31(16-4-1)33-29-30-40(35-20-8-7-19-34(33)35)48(43-27-13-23-37-36-21-10-12-28-44(36)49-46(37)43)42-26-14-25-41-45(42)38-22-9-11-24-39(38)47(41)32-17-5-2-6-18-32/h1-30H. The van der Waals surface area contributed by atoms with Crippen LogP contribution in [0.5, 0.6) is 0 Å². The van der Waals surface area contributed by atoms with Crippen LogP contribution in [-0.4, -0.2) is 4.57 Å². The van der Waals surface area contributed by atoms with E-state index in [1.54, 1.807) is 0 Å². The second-order valence-electron chi connectivity index (χ2n) is 12.5. The van der Waals surface area contributed by atoms with Crippen molar-refractivity contribution in [2.24, 2.45) is 0 Å². The summed E-state index contributed by atoms with van der Waals surface area (Å²) in [5.74, 6) is 0. The van der Waals surface area contributed by atoms with Gasteiger partial charge in [-0.2, -0.15) is 0 Å². The monoisotopic (exact) mass is 626 g/mol. The maximum Gasteiger partial charge on any atom is 0.159 e. The van der Waals surface area contributed by atoms with Crippen molar-refractivity contribution in [1.82, 2.24) is 4.57 Å². The Balaban J connectivity index is 1.34. The average Bonchev–Trinajstić information content (AvgIpc) is 3.73. The lowest BCUT2D eigenvalue weighted by Gasteiger charge is -2.28. The van der Waals surface area contributed by atoms with Crippen molar-refractivity contribution in [1.29, 1.82) is 0 Å². The first-order valence-electron chi connectivity index (χ1n) is 16.7. The number of furan rings is 1. The van der Waals surface area contributed by atoms with Crippen molar-refractivity contribution >= 4 is 71.6 Å². The Kier molecular flexibility index (Phi) is 6.18. The Morgan fingerprint density at radius 3 is 1.84 bits per heavy atom. The zero-order valence-electron chi connectivity index (χ0n) is 26.6. The van der Waals surface area contributed by atoms with Gasteiger partial charge >= 0.3 is 0 Å². The summed E-state index contributed by atoms with van der Waals surface area (Å²) in [6, 6.07) is 64.9. The quantitative estimate of drug-likeness (QED) is 0.190. The molecule has 230 valence electrons. The molecule has 2 aromatic heterocycles. The molecule has 49 heavy (non-hydrogen) atoms. The van der Waals surface area contributed by atoms with Crippen LogP contribution >= 0.6 is 0 Å². The Morgan fingerprint density at radius 2 is 1.00 bits per heavy atom. The number of anilines is 3. The summed E-state index contributed by atoms with van der Waals surface area (Å²) in [6.07, 6.45) is 0. The van der Waals surface area contributed by atoms with Gasteiger partial charge in [0.25, 0.3) is 0 Å². The molecular weight excluding hydrogens is 597 g/mol. The van der Waals surface area contributed by atoms with Crippen LogP contribution in [0.25, 0.3) is 71.3 Å². The molecule has 0 N–H and O–H groups in total. The summed E-state index contributed by atoms with van der Waals surface area (Å²) in [6.45, 7) is 0. The minimum absolute atomic E-state index is 0.865. The van der Waals surface area contributed by atoms with Crippen LogP contribution in [0.15, 0.2) is 186 Å². The number of fused-ring (bicyclic) bond motifs is 7. The molecule has 0 amide bonds. The van der Waals surface area contributed by atoms with Gasteiger partial charge in [0, 0.05) is 32.6 Å². The van der Waals surface area contributed by atoms with Gasteiger partial charge in [0.1, 0.15) is 5.58 Å². The Bertz CT molecular complexity index is 2830. The third-order valence-corrected chi connectivity index (χ3v) is 9.78. The Labute approximate surface area is 283 Å². The molecule has 10 rings (SSSR count). The van der Waals surface area contributed by atoms with E-state index in [0.29, 0.717) is 0 Å².